The zero-order valence-corrected chi connectivity index (χ0v) is 52.6. The highest BCUT2D eigenvalue weighted by molar-refractivity contribution is 7.93. The largest absolute Gasteiger partial charge is 0.497 e. The Morgan fingerprint density at radius 3 is 1.14 bits per heavy atom. The molecular weight excluding hydrogens is 1210 g/mol. The summed E-state index contributed by atoms with van der Waals surface area (Å²) in [5.74, 6) is -2.26. The maximum absolute atomic E-state index is 13.0. The molecule has 0 aromatic heterocycles. The number of anilines is 3. The van der Waals surface area contributed by atoms with E-state index in [0.717, 1.165) is 44.3 Å². The van der Waals surface area contributed by atoms with E-state index in [1.807, 2.05) is 97.9 Å². The Balaban J connectivity index is 0.000000176. The quantitative estimate of drug-likeness (QED) is 0.0348. The maximum atomic E-state index is 13.0. The fraction of sp³-hybridized carbons (Fsp3) is 0.141. The number of hydrogen-bond acceptors (Lipinski definition) is 11. The zero-order valence-electron chi connectivity index (χ0n) is 50.2. The highest BCUT2D eigenvalue weighted by Crippen LogP contribution is 2.31. The second-order valence-electron chi connectivity index (χ2n) is 21.2. The Kier molecular flexibility index (Phi) is 22.2. The molecule has 0 aliphatic rings. The Hall–Kier alpha value is -10.3. The van der Waals surface area contributed by atoms with E-state index in [0.29, 0.717) is 72.3 Å². The molecule has 91 heavy (non-hydrogen) atoms. The van der Waals surface area contributed by atoms with E-state index in [9.17, 15) is 39.6 Å². The van der Waals surface area contributed by atoms with Gasteiger partial charge >= 0.3 is 17.9 Å². The van der Waals surface area contributed by atoms with Crippen molar-refractivity contribution in [2.75, 3.05) is 28.4 Å². The van der Waals surface area contributed by atoms with Gasteiger partial charge in [0.1, 0.15) is 16.4 Å². The molecule has 0 fully saturated rings. The molecule has 10 rings (SSSR count). The molecule has 20 heteroatoms. The van der Waals surface area contributed by atoms with Crippen molar-refractivity contribution in [1.82, 2.24) is 0 Å². The molecule has 0 heterocycles. The van der Waals surface area contributed by atoms with Crippen molar-refractivity contribution in [2.24, 2.45) is 0 Å². The molecule has 468 valence electrons. The second-order valence-corrected chi connectivity index (χ2v) is 26.1. The third-order valence-corrected chi connectivity index (χ3v) is 18.9. The van der Waals surface area contributed by atoms with Gasteiger partial charge in [-0.3, -0.25) is 14.2 Å². The predicted octanol–water partition coefficient (Wildman–Crippen LogP) is 13.7. The van der Waals surface area contributed by atoms with Crippen LogP contribution in [0.4, 0.5) is 17.1 Å². The van der Waals surface area contributed by atoms with Crippen molar-refractivity contribution in [3.63, 3.8) is 0 Å². The van der Waals surface area contributed by atoms with Crippen LogP contribution in [0.3, 0.4) is 0 Å². The van der Waals surface area contributed by atoms with Crippen LogP contribution in [0.2, 0.25) is 0 Å². The summed E-state index contributed by atoms with van der Waals surface area (Å²) in [7, 11) is -8.47. The second kappa shape index (κ2) is 30.3. The summed E-state index contributed by atoms with van der Waals surface area (Å²) in [6.45, 7) is 3.70. The molecule has 0 radical (unpaired) electrons. The fourth-order valence-corrected chi connectivity index (χ4v) is 13.8. The van der Waals surface area contributed by atoms with Crippen molar-refractivity contribution < 1.29 is 64.4 Å². The van der Waals surface area contributed by atoms with Gasteiger partial charge in [-0.25, -0.2) is 39.6 Å². The van der Waals surface area contributed by atoms with Gasteiger partial charge in [0, 0.05) is 28.5 Å². The summed E-state index contributed by atoms with van der Waals surface area (Å²) in [5, 5.41) is 28.9. The molecular formula is C71H67N3O14S3. The zero-order chi connectivity index (χ0) is 65.3. The number of benzene rings is 10. The minimum absolute atomic E-state index is 0.0229. The summed E-state index contributed by atoms with van der Waals surface area (Å²) < 4.78 is 95.7. The lowest BCUT2D eigenvalue weighted by Gasteiger charge is -2.13. The molecule has 10 aromatic carbocycles. The highest BCUT2D eigenvalue weighted by Gasteiger charge is 2.22. The van der Waals surface area contributed by atoms with Gasteiger partial charge in [-0.05, 0) is 194 Å². The average molecular weight is 1280 g/mol. The molecule has 0 amide bonds. The number of carboxylic acid groups (broad SMARTS) is 3. The van der Waals surface area contributed by atoms with E-state index < -0.39 is 48.0 Å². The van der Waals surface area contributed by atoms with Gasteiger partial charge in [-0.15, -0.1) is 0 Å². The van der Waals surface area contributed by atoms with Gasteiger partial charge in [0.05, 0.1) is 40.7 Å². The van der Waals surface area contributed by atoms with Gasteiger partial charge in [-0.1, -0.05) is 127 Å². The monoisotopic (exact) mass is 1280 g/mol. The van der Waals surface area contributed by atoms with Crippen molar-refractivity contribution in [1.29, 1.82) is 0 Å². The van der Waals surface area contributed by atoms with Gasteiger partial charge in [0.25, 0.3) is 30.1 Å². The van der Waals surface area contributed by atoms with Crippen molar-refractivity contribution in [3.05, 3.63) is 286 Å². The maximum Gasteiger partial charge on any atom is 0.335 e. The standard InChI is InChI=1S/C25H21NO4S.C23H23NO6S.C23H23NO4S/c27-25(28)21-10-3-6-18(16-21)14-15-19-7-4-11-22(17-19)26-31(29,30)24-13-5-9-20-8-1-2-12-23(20)24;1-29-20-11-12-21(30-2)22(15-20)31(27,28)24-19-8-4-6-17(14-19)10-9-16-5-3-7-18(13-16)23(25)26;1-16-9-12-22(17(2)13-16)29(27,28)24-21-8-4-6-19(15-21)11-10-18-5-3-7-20(14-18)23(25)26/h1-13,16-17,26H,14-15H2,(H,27,28);3-8,11-15,24H,9-10H2,1-2H3,(H,25,26);3-9,12-15,24H,10-11H2,1-2H3,(H,25,26). The Morgan fingerprint density at radius 1 is 0.363 bits per heavy atom. The van der Waals surface area contributed by atoms with E-state index >= 15 is 0 Å². The van der Waals surface area contributed by atoms with Crippen LogP contribution in [0, 0.1) is 13.8 Å². The number of hydrogen-bond donors (Lipinski definition) is 6. The van der Waals surface area contributed by atoms with Crippen molar-refractivity contribution in [2.45, 2.75) is 67.1 Å². The lowest BCUT2D eigenvalue weighted by Crippen LogP contribution is -2.14. The summed E-state index contributed by atoms with van der Waals surface area (Å²) in [5.41, 5.74) is 9.46. The lowest BCUT2D eigenvalue weighted by atomic mass is 10.0. The van der Waals surface area contributed by atoms with Gasteiger partial charge in [-0.2, -0.15) is 0 Å². The van der Waals surface area contributed by atoms with Gasteiger partial charge < -0.3 is 24.8 Å². The van der Waals surface area contributed by atoms with Crippen LogP contribution < -0.4 is 23.6 Å². The molecule has 6 N–H and O–H groups in total. The summed E-state index contributed by atoms with van der Waals surface area (Å²) in [4.78, 5) is 33.8. The van der Waals surface area contributed by atoms with E-state index in [4.69, 9.17) is 24.8 Å². The number of aromatic carboxylic acids is 3. The normalized spacial score (nSPS) is 11.2. The summed E-state index contributed by atoms with van der Waals surface area (Å²) >= 11 is 0. The number of sulfonamides is 3. The number of nitrogens with one attached hydrogen (secondary N) is 3. The molecule has 0 saturated heterocycles. The first-order valence-corrected chi connectivity index (χ1v) is 33.0. The third-order valence-electron chi connectivity index (χ3n) is 14.5. The van der Waals surface area contributed by atoms with Gasteiger partial charge in [0.15, 0.2) is 0 Å². The van der Waals surface area contributed by atoms with E-state index in [1.165, 1.54) is 26.4 Å². The first-order valence-electron chi connectivity index (χ1n) is 28.6. The molecule has 0 aliphatic carbocycles. The number of ether oxygens (including phenoxy) is 2. The third kappa shape index (κ3) is 18.6. The lowest BCUT2D eigenvalue weighted by molar-refractivity contribution is 0.0686. The number of aryl methyl sites for hydroxylation is 8. The van der Waals surface area contributed by atoms with Crippen LogP contribution in [-0.4, -0.2) is 72.7 Å². The SMILES string of the molecule is COc1ccc(OC)c(S(=O)(=O)Nc2cccc(CCc3cccc(C(=O)O)c3)c2)c1.Cc1ccc(S(=O)(=O)Nc2cccc(CCc3cccc(C(=O)O)c3)c2)c(C)c1.O=C(O)c1cccc(CCc2cccc(NS(=O)(=O)c3cccc4ccccc34)c2)c1. The molecule has 0 unspecified atom stereocenters. The van der Waals surface area contributed by atoms with Gasteiger partial charge in [0.2, 0.25) is 0 Å². The molecule has 0 atom stereocenters. The topological polar surface area (TPSA) is 269 Å². The number of carboxylic acids is 3. The van der Waals surface area contributed by atoms with Crippen LogP contribution >= 0.6 is 0 Å². The number of methoxy groups -OCH3 is 2. The smallest absolute Gasteiger partial charge is 0.335 e. The Labute approximate surface area is 529 Å². The number of rotatable bonds is 23. The molecule has 0 bridgehead atoms. The van der Waals surface area contributed by atoms with E-state index in [1.54, 1.807) is 128 Å². The van der Waals surface area contributed by atoms with Crippen molar-refractivity contribution in [3.8, 4) is 11.5 Å². The minimum atomic E-state index is -3.91. The van der Waals surface area contributed by atoms with E-state index in [2.05, 4.69) is 14.2 Å². The number of carbonyl (C=O) groups is 3. The first-order chi connectivity index (χ1) is 43.5. The Morgan fingerprint density at radius 2 is 0.736 bits per heavy atom. The summed E-state index contributed by atoms with van der Waals surface area (Å²) in [6.07, 6.45) is 3.90. The van der Waals surface area contributed by atoms with Crippen LogP contribution in [0.5, 0.6) is 11.5 Å². The van der Waals surface area contributed by atoms with E-state index in [-0.39, 0.29) is 37.1 Å². The fourth-order valence-electron chi connectivity index (χ4n) is 9.97. The molecule has 10 aromatic rings. The van der Waals surface area contributed by atoms with Crippen LogP contribution in [0.15, 0.2) is 239 Å². The highest BCUT2D eigenvalue weighted by atomic mass is 32.2. The first kappa shape index (κ1) is 66.7. The molecule has 17 nitrogen and oxygen atoms in total. The van der Waals surface area contributed by atoms with Crippen LogP contribution in [0.25, 0.3) is 10.8 Å². The van der Waals surface area contributed by atoms with Crippen LogP contribution in [-0.2, 0) is 68.6 Å². The predicted molar refractivity (Wildman–Crippen MR) is 354 cm³/mol. The average Bonchev–Trinajstić information content (AvgIpc) is 0.867. The Bertz CT molecular complexity index is 4630. The minimum Gasteiger partial charge on any atom is -0.497 e. The number of fused-ring (bicyclic) bond motifs is 1. The summed E-state index contributed by atoms with van der Waals surface area (Å²) in [6, 6.07) is 64.5. The van der Waals surface area contributed by atoms with Crippen LogP contribution in [0.1, 0.15) is 75.6 Å². The van der Waals surface area contributed by atoms with Crippen molar-refractivity contribution >= 4 is 75.8 Å². The molecule has 0 aliphatic heterocycles. The molecule has 0 spiro atoms. The molecule has 0 saturated carbocycles.